The normalized spacial score (nSPS) is 30.1. The Hall–Kier alpha value is -2.45. The monoisotopic (exact) mass is 419 g/mol. The summed E-state index contributed by atoms with van der Waals surface area (Å²) >= 11 is 6.29. The van der Waals surface area contributed by atoms with Crippen LogP contribution < -0.4 is 16.4 Å². The van der Waals surface area contributed by atoms with Gasteiger partial charge in [0.1, 0.15) is 17.9 Å². The average molecular weight is 420 g/mol. The third-order valence-electron chi connectivity index (χ3n) is 6.40. The molecule has 2 saturated heterocycles. The highest BCUT2D eigenvalue weighted by atomic mass is 35.5. The second kappa shape index (κ2) is 7.11. The first-order chi connectivity index (χ1) is 13.8. The van der Waals surface area contributed by atoms with Gasteiger partial charge >= 0.3 is 0 Å². The zero-order valence-electron chi connectivity index (χ0n) is 16.1. The van der Waals surface area contributed by atoms with Crippen molar-refractivity contribution in [2.75, 3.05) is 11.9 Å². The summed E-state index contributed by atoms with van der Waals surface area (Å²) in [5, 5.41) is 4.99. The van der Waals surface area contributed by atoms with Gasteiger partial charge in [-0.25, -0.2) is 0 Å². The standard InChI is InChI=1S/C20H23ClN4O4/c1-2-3-9-25-17(27)14-12(7-8-13(22)26)24-20(15(14)18(25)28)10-5-4-6-11(21)16(10)23-19(20)29/h4-6,12,14-15,24H,2-3,7-9H2,1H3,(H2,22,26)(H,23,29)/p+1/t12-,14-,15+,20-/m1/s1. The van der Waals surface area contributed by atoms with Crippen molar-refractivity contribution in [2.45, 2.75) is 44.2 Å². The summed E-state index contributed by atoms with van der Waals surface area (Å²) in [6, 6.07) is 4.78. The molecule has 0 saturated carbocycles. The van der Waals surface area contributed by atoms with E-state index in [0.29, 0.717) is 35.7 Å². The second-order valence-corrected chi connectivity index (χ2v) is 8.41. The van der Waals surface area contributed by atoms with Crippen LogP contribution in [0.3, 0.4) is 0 Å². The van der Waals surface area contributed by atoms with Crippen LogP contribution in [0.1, 0.15) is 38.2 Å². The summed E-state index contributed by atoms with van der Waals surface area (Å²) in [5.41, 5.74) is 5.16. The molecule has 0 bridgehead atoms. The number of nitrogens with two attached hydrogens (primary N) is 2. The molecule has 0 aromatic heterocycles. The lowest BCUT2D eigenvalue weighted by Gasteiger charge is -2.26. The van der Waals surface area contributed by atoms with Crippen LogP contribution in [-0.4, -0.2) is 41.1 Å². The van der Waals surface area contributed by atoms with E-state index in [9.17, 15) is 19.2 Å². The highest BCUT2D eigenvalue weighted by molar-refractivity contribution is 6.35. The summed E-state index contributed by atoms with van der Waals surface area (Å²) in [5.74, 6) is -2.92. The van der Waals surface area contributed by atoms with Gasteiger partial charge in [0.2, 0.25) is 23.3 Å². The van der Waals surface area contributed by atoms with Crippen molar-refractivity contribution in [1.82, 2.24) is 4.90 Å². The molecule has 0 aliphatic carbocycles. The minimum Gasteiger partial charge on any atom is -0.370 e. The number of likely N-dealkylation sites (tertiary alicyclic amines) is 1. The van der Waals surface area contributed by atoms with Crippen LogP contribution in [0.2, 0.25) is 5.02 Å². The molecule has 4 amide bonds. The number of unbranched alkanes of at least 4 members (excludes halogenated alkanes) is 1. The van der Waals surface area contributed by atoms with Gasteiger partial charge in [-0.1, -0.05) is 31.0 Å². The number of anilines is 1. The molecule has 1 spiro atoms. The zero-order chi connectivity index (χ0) is 20.9. The molecule has 154 valence electrons. The highest BCUT2D eigenvalue weighted by Gasteiger charge is 2.74. The molecular formula is C20H24ClN4O4+. The van der Waals surface area contributed by atoms with Crippen molar-refractivity contribution in [2.24, 2.45) is 17.6 Å². The third kappa shape index (κ3) is 2.77. The lowest BCUT2D eigenvalue weighted by atomic mass is 9.76. The summed E-state index contributed by atoms with van der Waals surface area (Å²) < 4.78 is 0. The maximum Gasteiger partial charge on any atom is 0.291 e. The van der Waals surface area contributed by atoms with Crippen LogP contribution >= 0.6 is 11.6 Å². The molecule has 4 rings (SSSR count). The number of para-hydroxylation sites is 1. The number of imide groups is 1. The molecule has 9 heteroatoms. The molecule has 5 N–H and O–H groups in total. The number of carbonyl (C=O) groups excluding carboxylic acids is 4. The summed E-state index contributed by atoms with van der Waals surface area (Å²) in [4.78, 5) is 52.5. The predicted molar refractivity (Wildman–Crippen MR) is 105 cm³/mol. The van der Waals surface area contributed by atoms with Crippen molar-refractivity contribution in [3.63, 3.8) is 0 Å². The van der Waals surface area contributed by atoms with E-state index in [-0.39, 0.29) is 24.1 Å². The fourth-order valence-electron chi connectivity index (χ4n) is 5.12. The predicted octanol–water partition coefficient (Wildman–Crippen LogP) is 0.0998. The molecule has 1 aromatic carbocycles. The number of quaternary nitrogens is 1. The lowest BCUT2D eigenvalue weighted by molar-refractivity contribution is -0.734. The van der Waals surface area contributed by atoms with Gasteiger partial charge in [0.05, 0.1) is 10.7 Å². The van der Waals surface area contributed by atoms with Crippen LogP contribution in [0.25, 0.3) is 0 Å². The smallest absolute Gasteiger partial charge is 0.291 e. The van der Waals surface area contributed by atoms with Gasteiger partial charge in [0, 0.05) is 24.9 Å². The molecule has 4 atom stereocenters. The van der Waals surface area contributed by atoms with Crippen molar-refractivity contribution in [3.8, 4) is 0 Å². The quantitative estimate of drug-likeness (QED) is 0.565. The third-order valence-corrected chi connectivity index (χ3v) is 6.72. The van der Waals surface area contributed by atoms with E-state index < -0.39 is 29.3 Å². The number of fused-ring (bicyclic) bond motifs is 4. The van der Waals surface area contributed by atoms with Gasteiger partial charge < -0.3 is 16.4 Å². The van der Waals surface area contributed by atoms with E-state index in [1.54, 1.807) is 23.5 Å². The summed E-state index contributed by atoms with van der Waals surface area (Å²) in [7, 11) is 0. The number of carbonyl (C=O) groups is 4. The van der Waals surface area contributed by atoms with Gasteiger partial charge in [-0.3, -0.25) is 24.1 Å². The number of nitrogens with zero attached hydrogens (tertiary/aromatic N) is 1. The number of hydrogen-bond donors (Lipinski definition) is 3. The summed E-state index contributed by atoms with van der Waals surface area (Å²) in [6.45, 7) is 2.32. The first-order valence-corrected chi connectivity index (χ1v) is 10.3. The second-order valence-electron chi connectivity index (χ2n) is 8.01. The maximum atomic E-state index is 13.4. The molecule has 3 aliphatic rings. The van der Waals surface area contributed by atoms with E-state index in [0.717, 1.165) is 6.42 Å². The zero-order valence-corrected chi connectivity index (χ0v) is 16.9. The van der Waals surface area contributed by atoms with Crippen LogP contribution in [0, 0.1) is 11.8 Å². The first-order valence-electron chi connectivity index (χ1n) is 9.93. The number of nitrogens with one attached hydrogen (secondary N) is 1. The molecular weight excluding hydrogens is 396 g/mol. The lowest BCUT2D eigenvalue weighted by Crippen LogP contribution is -2.99. The van der Waals surface area contributed by atoms with Crippen LogP contribution in [0.15, 0.2) is 18.2 Å². The largest absolute Gasteiger partial charge is 0.370 e. The molecule has 3 heterocycles. The fourth-order valence-corrected chi connectivity index (χ4v) is 5.35. The minimum atomic E-state index is -1.26. The average Bonchev–Trinajstić information content (AvgIpc) is 3.25. The van der Waals surface area contributed by atoms with Gasteiger partial charge in [-0.05, 0) is 18.6 Å². The molecule has 29 heavy (non-hydrogen) atoms. The van der Waals surface area contributed by atoms with Crippen molar-refractivity contribution in [1.29, 1.82) is 0 Å². The molecule has 0 radical (unpaired) electrons. The van der Waals surface area contributed by atoms with E-state index in [1.807, 2.05) is 6.92 Å². The first kappa shape index (κ1) is 19.8. The summed E-state index contributed by atoms with van der Waals surface area (Å²) in [6.07, 6.45) is 1.95. The van der Waals surface area contributed by atoms with Crippen LogP contribution in [0.4, 0.5) is 5.69 Å². The number of rotatable bonds is 6. The maximum absolute atomic E-state index is 13.4. The number of primary amides is 1. The fraction of sp³-hybridized carbons (Fsp3) is 0.500. The molecule has 0 unspecified atom stereocenters. The van der Waals surface area contributed by atoms with Gasteiger partial charge in [0.25, 0.3) is 5.91 Å². The number of halogens is 1. The van der Waals surface area contributed by atoms with E-state index in [1.165, 1.54) is 4.90 Å². The van der Waals surface area contributed by atoms with Crippen LogP contribution in [-0.2, 0) is 24.7 Å². The Labute approximate surface area is 173 Å². The molecule has 2 fully saturated rings. The Balaban J connectivity index is 1.81. The minimum absolute atomic E-state index is 0.0842. The van der Waals surface area contributed by atoms with E-state index in [2.05, 4.69) is 5.32 Å². The molecule has 1 aromatic rings. The SMILES string of the molecule is CCCCN1C(=O)[C@H]2[C@@H](C1=O)[C@@]1([NH2+][C@@H]2CCC(N)=O)C(=O)Nc2c(Cl)cccc21. The van der Waals surface area contributed by atoms with E-state index in [4.69, 9.17) is 17.3 Å². The van der Waals surface area contributed by atoms with Gasteiger partial charge in [0.15, 0.2) is 0 Å². The topological polar surface area (TPSA) is 126 Å². The van der Waals surface area contributed by atoms with Crippen molar-refractivity contribution >= 4 is 40.9 Å². The number of benzene rings is 1. The number of hydrogen-bond acceptors (Lipinski definition) is 4. The van der Waals surface area contributed by atoms with Gasteiger partial charge in [-0.2, -0.15) is 0 Å². The Morgan fingerprint density at radius 1 is 1.31 bits per heavy atom. The Bertz CT molecular complexity index is 920. The van der Waals surface area contributed by atoms with Gasteiger partial charge in [-0.15, -0.1) is 0 Å². The van der Waals surface area contributed by atoms with E-state index >= 15 is 0 Å². The van der Waals surface area contributed by atoms with Crippen molar-refractivity contribution in [3.05, 3.63) is 28.8 Å². The van der Waals surface area contributed by atoms with Crippen molar-refractivity contribution < 1.29 is 24.5 Å². The number of amides is 4. The highest BCUT2D eigenvalue weighted by Crippen LogP contribution is 2.50. The molecule has 8 nitrogen and oxygen atoms in total. The Kier molecular flexibility index (Phi) is 4.86. The Morgan fingerprint density at radius 3 is 2.76 bits per heavy atom. The Morgan fingerprint density at radius 2 is 2.07 bits per heavy atom. The molecule has 3 aliphatic heterocycles. The van der Waals surface area contributed by atoms with Crippen LogP contribution in [0.5, 0.6) is 0 Å².